The summed E-state index contributed by atoms with van der Waals surface area (Å²) >= 11 is 0. The largest absolute Gasteiger partial charge is 0.457 e. The molecular formula is C21H24FNO2. The Bertz CT molecular complexity index is 772. The zero-order valence-electron chi connectivity index (χ0n) is 14.8. The summed E-state index contributed by atoms with van der Waals surface area (Å²) in [6.45, 7) is 5.24. The van der Waals surface area contributed by atoms with Gasteiger partial charge < -0.3 is 10.1 Å². The molecule has 0 amide bonds. The third kappa shape index (κ3) is 4.45. The number of hydrogen-bond donors (Lipinski definition) is 1. The predicted octanol–water partition coefficient (Wildman–Crippen LogP) is 3.96. The number of esters is 1. The van der Waals surface area contributed by atoms with Gasteiger partial charge in [0, 0.05) is 11.6 Å². The van der Waals surface area contributed by atoms with Gasteiger partial charge in [-0.3, -0.25) is 0 Å². The third-order valence-corrected chi connectivity index (χ3v) is 4.65. The molecule has 0 saturated carbocycles. The number of nitrogens with one attached hydrogen (secondary N) is 1. The van der Waals surface area contributed by atoms with Crippen LogP contribution >= 0.6 is 0 Å². The molecule has 1 N–H and O–H groups in total. The number of ether oxygens (including phenoxy) is 1. The Morgan fingerprint density at radius 3 is 2.80 bits per heavy atom. The molecular weight excluding hydrogens is 317 g/mol. The Morgan fingerprint density at radius 2 is 2.00 bits per heavy atom. The second-order valence-corrected chi connectivity index (χ2v) is 6.81. The molecule has 1 aliphatic rings. The van der Waals surface area contributed by atoms with E-state index in [9.17, 15) is 9.18 Å². The van der Waals surface area contributed by atoms with Crippen LogP contribution in [0, 0.1) is 12.7 Å². The molecule has 1 heterocycles. The van der Waals surface area contributed by atoms with Crippen molar-refractivity contribution in [2.75, 3.05) is 6.54 Å². The molecule has 3 nitrogen and oxygen atoms in total. The molecule has 0 aliphatic carbocycles. The number of fused-ring (bicyclic) bond motifs is 1. The maximum Gasteiger partial charge on any atom is 0.338 e. The Kier molecular flexibility index (Phi) is 5.49. The Morgan fingerprint density at radius 1 is 1.20 bits per heavy atom. The summed E-state index contributed by atoms with van der Waals surface area (Å²) in [5.74, 6) is -0.360. The molecule has 1 atom stereocenters. The molecule has 2 aromatic carbocycles. The van der Waals surface area contributed by atoms with Gasteiger partial charge >= 0.3 is 5.97 Å². The average molecular weight is 341 g/mol. The monoisotopic (exact) mass is 341 g/mol. The fraction of sp³-hybridized carbons (Fsp3) is 0.381. The zero-order valence-corrected chi connectivity index (χ0v) is 14.8. The fourth-order valence-corrected chi connectivity index (χ4v) is 3.22. The molecule has 25 heavy (non-hydrogen) atoms. The van der Waals surface area contributed by atoms with Crippen LogP contribution < -0.4 is 5.32 Å². The van der Waals surface area contributed by atoms with Crippen molar-refractivity contribution in [1.82, 2.24) is 5.32 Å². The van der Waals surface area contributed by atoms with Crippen LogP contribution in [-0.4, -0.2) is 18.6 Å². The first-order valence-corrected chi connectivity index (χ1v) is 8.80. The van der Waals surface area contributed by atoms with Crippen molar-refractivity contribution in [3.05, 3.63) is 70.0 Å². The van der Waals surface area contributed by atoms with E-state index in [1.54, 1.807) is 6.92 Å². The molecule has 132 valence electrons. The molecule has 0 spiro atoms. The Balaban J connectivity index is 1.43. The smallest absolute Gasteiger partial charge is 0.338 e. The van der Waals surface area contributed by atoms with E-state index in [4.69, 9.17) is 4.74 Å². The molecule has 0 aromatic heterocycles. The minimum absolute atomic E-state index is 0.150. The highest BCUT2D eigenvalue weighted by molar-refractivity contribution is 5.93. The predicted molar refractivity (Wildman–Crippen MR) is 96.2 cm³/mol. The van der Waals surface area contributed by atoms with Gasteiger partial charge in [0.1, 0.15) is 12.4 Å². The summed E-state index contributed by atoms with van der Waals surface area (Å²) in [7, 11) is 0. The van der Waals surface area contributed by atoms with Crippen LogP contribution in [0.1, 0.15) is 46.0 Å². The molecule has 0 saturated heterocycles. The molecule has 1 unspecified atom stereocenters. The number of carbonyl (C=O) groups excluding carboxylic acids is 1. The lowest BCUT2D eigenvalue weighted by molar-refractivity contribution is 0.0535. The quantitative estimate of drug-likeness (QED) is 0.612. The number of halogens is 1. The fourth-order valence-electron chi connectivity index (χ4n) is 3.22. The van der Waals surface area contributed by atoms with E-state index < -0.39 is 0 Å². The second kappa shape index (κ2) is 7.79. The molecule has 2 aromatic rings. The molecule has 3 rings (SSSR count). The number of aryl methyl sites for hydroxylation is 2. The van der Waals surface area contributed by atoms with Crippen molar-refractivity contribution in [3.8, 4) is 0 Å². The van der Waals surface area contributed by atoms with Gasteiger partial charge in [-0.05, 0) is 68.5 Å². The van der Waals surface area contributed by atoms with Crippen LogP contribution in [0.4, 0.5) is 4.39 Å². The standard InChI is InChI=1S/C21H24FNO2/c1-14-10-17(6-8-20(14)22)11-15(2)23-9-3-4-16-5-7-18-13-25-21(24)19(18)12-16/h5-8,10,12,15,23H,3-4,9,11,13H2,1-2H3. The lowest BCUT2D eigenvalue weighted by Gasteiger charge is -2.14. The summed E-state index contributed by atoms with van der Waals surface area (Å²) in [4.78, 5) is 11.6. The van der Waals surface area contributed by atoms with Crippen LogP contribution in [0.2, 0.25) is 0 Å². The minimum atomic E-state index is -0.210. The molecule has 0 radical (unpaired) electrons. The van der Waals surface area contributed by atoms with Gasteiger partial charge in [0.2, 0.25) is 0 Å². The normalized spacial score (nSPS) is 14.3. The summed E-state index contributed by atoms with van der Waals surface area (Å²) in [5.41, 5.74) is 4.71. The first kappa shape index (κ1) is 17.6. The lowest BCUT2D eigenvalue weighted by Crippen LogP contribution is -2.29. The van der Waals surface area contributed by atoms with E-state index in [1.165, 1.54) is 11.6 Å². The van der Waals surface area contributed by atoms with Crippen molar-refractivity contribution < 1.29 is 13.9 Å². The van der Waals surface area contributed by atoms with Crippen molar-refractivity contribution in [1.29, 1.82) is 0 Å². The first-order valence-electron chi connectivity index (χ1n) is 8.80. The summed E-state index contributed by atoms with van der Waals surface area (Å²) < 4.78 is 18.3. The Labute approximate surface area is 148 Å². The SMILES string of the molecule is Cc1cc(CC(C)NCCCc2ccc3c(c2)C(=O)OC3)ccc1F. The lowest BCUT2D eigenvalue weighted by atomic mass is 10.0. The number of benzene rings is 2. The first-order chi connectivity index (χ1) is 12.0. The Hall–Kier alpha value is -2.20. The maximum absolute atomic E-state index is 13.3. The van der Waals surface area contributed by atoms with Crippen molar-refractivity contribution in [2.45, 2.75) is 45.8 Å². The second-order valence-electron chi connectivity index (χ2n) is 6.81. The highest BCUT2D eigenvalue weighted by Crippen LogP contribution is 2.21. The van der Waals surface area contributed by atoms with E-state index in [0.717, 1.165) is 36.9 Å². The van der Waals surface area contributed by atoms with Gasteiger partial charge in [-0.1, -0.05) is 24.3 Å². The summed E-state index contributed by atoms with van der Waals surface area (Å²) in [5, 5.41) is 3.51. The number of rotatable bonds is 7. The summed E-state index contributed by atoms with van der Waals surface area (Å²) in [6, 6.07) is 11.7. The molecule has 0 bridgehead atoms. The molecule has 4 heteroatoms. The van der Waals surface area contributed by atoms with Gasteiger partial charge in [0.15, 0.2) is 0 Å². The third-order valence-electron chi connectivity index (χ3n) is 4.65. The van der Waals surface area contributed by atoms with Gasteiger partial charge in [-0.15, -0.1) is 0 Å². The molecule has 1 aliphatic heterocycles. The van der Waals surface area contributed by atoms with Gasteiger partial charge in [-0.2, -0.15) is 0 Å². The number of cyclic esters (lactones) is 1. The average Bonchev–Trinajstić information content (AvgIpc) is 2.96. The highest BCUT2D eigenvalue weighted by atomic mass is 19.1. The van der Waals surface area contributed by atoms with E-state index >= 15 is 0 Å². The van der Waals surface area contributed by atoms with Crippen LogP contribution in [0.3, 0.4) is 0 Å². The van der Waals surface area contributed by atoms with E-state index in [0.29, 0.717) is 23.8 Å². The zero-order chi connectivity index (χ0) is 17.8. The van der Waals surface area contributed by atoms with Crippen molar-refractivity contribution in [2.24, 2.45) is 0 Å². The van der Waals surface area contributed by atoms with Crippen molar-refractivity contribution in [3.63, 3.8) is 0 Å². The van der Waals surface area contributed by atoms with E-state index in [-0.39, 0.29) is 11.8 Å². The topological polar surface area (TPSA) is 38.3 Å². The van der Waals surface area contributed by atoms with Crippen LogP contribution in [0.15, 0.2) is 36.4 Å². The number of hydrogen-bond acceptors (Lipinski definition) is 3. The highest BCUT2D eigenvalue weighted by Gasteiger charge is 2.20. The maximum atomic E-state index is 13.3. The van der Waals surface area contributed by atoms with Gasteiger partial charge in [-0.25, -0.2) is 9.18 Å². The van der Waals surface area contributed by atoms with Crippen molar-refractivity contribution >= 4 is 5.97 Å². The number of carbonyl (C=O) groups is 1. The van der Waals surface area contributed by atoms with Crippen LogP contribution in [0.5, 0.6) is 0 Å². The van der Waals surface area contributed by atoms with E-state index in [2.05, 4.69) is 18.3 Å². The van der Waals surface area contributed by atoms with Gasteiger partial charge in [0.25, 0.3) is 0 Å². The van der Waals surface area contributed by atoms with E-state index in [1.807, 2.05) is 24.3 Å². The van der Waals surface area contributed by atoms with Gasteiger partial charge in [0.05, 0.1) is 5.56 Å². The van der Waals surface area contributed by atoms with Crippen LogP contribution in [-0.2, 0) is 24.2 Å². The summed E-state index contributed by atoms with van der Waals surface area (Å²) in [6.07, 6.45) is 2.81. The minimum Gasteiger partial charge on any atom is -0.457 e. The molecule has 0 fully saturated rings. The van der Waals surface area contributed by atoms with Crippen LogP contribution in [0.25, 0.3) is 0 Å².